The number of benzene rings is 1. The van der Waals surface area contributed by atoms with Gasteiger partial charge in [-0.1, -0.05) is 19.4 Å². The summed E-state index contributed by atoms with van der Waals surface area (Å²) in [6, 6.07) is 6.05. The van der Waals surface area contributed by atoms with Crippen LogP contribution in [0.15, 0.2) is 18.2 Å². The molecule has 2 atom stereocenters. The van der Waals surface area contributed by atoms with Crippen LogP contribution in [0.1, 0.15) is 56.7 Å². The Morgan fingerprint density at radius 2 is 2.33 bits per heavy atom. The van der Waals surface area contributed by atoms with Crippen LogP contribution >= 0.6 is 0 Å². The largest absolute Gasteiger partial charge is 0.399 e. The minimum absolute atomic E-state index is 0.0271. The van der Waals surface area contributed by atoms with Crippen molar-refractivity contribution in [2.45, 2.75) is 58.1 Å². The molecule has 1 aliphatic rings. The second kappa shape index (κ2) is 7.46. The van der Waals surface area contributed by atoms with E-state index in [0.717, 1.165) is 37.8 Å². The first-order chi connectivity index (χ1) is 10.1. The molecule has 2 rings (SSSR count). The highest BCUT2D eigenvalue weighted by Gasteiger charge is 2.24. The van der Waals surface area contributed by atoms with Gasteiger partial charge >= 0.3 is 0 Å². The van der Waals surface area contributed by atoms with Crippen molar-refractivity contribution in [2.75, 3.05) is 12.3 Å². The monoisotopic (exact) mass is 290 g/mol. The lowest BCUT2D eigenvalue weighted by Gasteiger charge is -2.27. The van der Waals surface area contributed by atoms with Crippen molar-refractivity contribution in [3.8, 4) is 0 Å². The smallest absolute Gasteiger partial charge is 0.249 e. The lowest BCUT2D eigenvalue weighted by molar-refractivity contribution is -0.132. The molecule has 0 saturated carbocycles. The fraction of sp³-hybridized carbons (Fsp3) is 0.588. The van der Waals surface area contributed by atoms with Gasteiger partial charge in [-0.3, -0.25) is 4.79 Å². The molecule has 21 heavy (non-hydrogen) atoms. The topological polar surface area (TPSA) is 64.3 Å². The Balaban J connectivity index is 1.96. The van der Waals surface area contributed by atoms with Crippen molar-refractivity contribution in [2.24, 2.45) is 0 Å². The number of hydrogen-bond donors (Lipinski definition) is 2. The maximum absolute atomic E-state index is 12.2. The summed E-state index contributed by atoms with van der Waals surface area (Å²) in [6.07, 6.45) is 4.76. The van der Waals surface area contributed by atoms with Gasteiger partial charge in [0.2, 0.25) is 5.91 Å². The lowest BCUT2D eigenvalue weighted by atomic mass is 9.87. The first-order valence-electron chi connectivity index (χ1n) is 7.92. The molecule has 4 nitrogen and oxygen atoms in total. The number of hydrogen-bond acceptors (Lipinski definition) is 3. The van der Waals surface area contributed by atoms with Gasteiger partial charge < -0.3 is 15.8 Å². The molecule has 4 heteroatoms. The summed E-state index contributed by atoms with van der Waals surface area (Å²) < 4.78 is 5.56. The normalized spacial score (nSPS) is 18.9. The fourth-order valence-corrected chi connectivity index (χ4v) is 2.75. The average Bonchev–Trinajstić information content (AvgIpc) is 2.47. The maximum atomic E-state index is 12.2. The predicted octanol–water partition coefficient (Wildman–Crippen LogP) is 2.97. The van der Waals surface area contributed by atoms with Crippen molar-refractivity contribution >= 4 is 11.6 Å². The molecule has 1 aliphatic carbocycles. The Hall–Kier alpha value is -1.55. The number of unbranched alkanes of at least 4 members (excludes halogenated alkanes) is 1. The van der Waals surface area contributed by atoms with Crippen molar-refractivity contribution in [1.29, 1.82) is 0 Å². The van der Waals surface area contributed by atoms with Gasteiger partial charge in [0.1, 0.15) is 6.10 Å². The van der Waals surface area contributed by atoms with Crippen molar-refractivity contribution < 1.29 is 9.53 Å². The molecule has 1 amide bonds. The molecule has 2 unspecified atom stereocenters. The average molecular weight is 290 g/mol. The molecule has 0 saturated heterocycles. The van der Waals surface area contributed by atoms with E-state index in [9.17, 15) is 4.79 Å². The van der Waals surface area contributed by atoms with E-state index in [0.29, 0.717) is 6.61 Å². The van der Waals surface area contributed by atoms with E-state index in [1.807, 2.05) is 25.1 Å². The summed E-state index contributed by atoms with van der Waals surface area (Å²) >= 11 is 0. The van der Waals surface area contributed by atoms with Crippen molar-refractivity contribution in [1.82, 2.24) is 5.32 Å². The van der Waals surface area contributed by atoms with Gasteiger partial charge in [0.25, 0.3) is 0 Å². The number of aryl methyl sites for hydroxylation is 1. The summed E-state index contributed by atoms with van der Waals surface area (Å²) in [5, 5.41) is 3.12. The van der Waals surface area contributed by atoms with Crippen molar-refractivity contribution in [3.05, 3.63) is 29.3 Å². The zero-order valence-corrected chi connectivity index (χ0v) is 13.0. The van der Waals surface area contributed by atoms with E-state index < -0.39 is 6.10 Å². The Morgan fingerprint density at radius 1 is 1.52 bits per heavy atom. The molecule has 0 bridgehead atoms. The molecular weight excluding hydrogens is 264 g/mol. The Labute approximate surface area is 127 Å². The highest BCUT2D eigenvalue weighted by molar-refractivity contribution is 5.80. The molecule has 0 aliphatic heterocycles. The highest BCUT2D eigenvalue weighted by atomic mass is 16.5. The van der Waals surface area contributed by atoms with Gasteiger partial charge in [-0.25, -0.2) is 0 Å². The number of ether oxygens (including phenoxy) is 1. The molecule has 1 aromatic rings. The van der Waals surface area contributed by atoms with Gasteiger partial charge in [0, 0.05) is 12.3 Å². The third-order valence-electron chi connectivity index (χ3n) is 4.03. The van der Waals surface area contributed by atoms with Crippen LogP contribution in [0.2, 0.25) is 0 Å². The highest BCUT2D eigenvalue weighted by Crippen LogP contribution is 2.31. The molecular formula is C17H26N2O2. The second-order valence-corrected chi connectivity index (χ2v) is 5.78. The minimum atomic E-state index is -0.393. The summed E-state index contributed by atoms with van der Waals surface area (Å²) in [7, 11) is 0. The van der Waals surface area contributed by atoms with Gasteiger partial charge in [-0.05, 0) is 55.9 Å². The van der Waals surface area contributed by atoms with Gasteiger partial charge in [-0.2, -0.15) is 0 Å². The molecule has 0 radical (unpaired) electrons. The van der Waals surface area contributed by atoms with E-state index in [4.69, 9.17) is 10.5 Å². The number of anilines is 1. The fourth-order valence-electron chi connectivity index (χ4n) is 2.75. The van der Waals surface area contributed by atoms with E-state index in [-0.39, 0.29) is 11.9 Å². The molecule has 1 aromatic carbocycles. The van der Waals surface area contributed by atoms with E-state index in [1.54, 1.807) is 0 Å². The Bertz CT molecular complexity index is 488. The number of nitrogens with one attached hydrogen (secondary N) is 1. The molecule has 3 N–H and O–H groups in total. The maximum Gasteiger partial charge on any atom is 0.249 e. The Kier molecular flexibility index (Phi) is 5.62. The van der Waals surface area contributed by atoms with Crippen LogP contribution in [0.5, 0.6) is 0 Å². The minimum Gasteiger partial charge on any atom is -0.399 e. The summed E-state index contributed by atoms with van der Waals surface area (Å²) in [5.41, 5.74) is 9.08. The van der Waals surface area contributed by atoms with Crippen LogP contribution in [-0.2, 0) is 16.0 Å². The van der Waals surface area contributed by atoms with Crippen LogP contribution < -0.4 is 11.1 Å². The first kappa shape index (κ1) is 15.8. The SMILES string of the molecule is CCCCOC(C)C(=O)NC1CCCc2cc(N)ccc21. The lowest BCUT2D eigenvalue weighted by Crippen LogP contribution is -2.38. The number of carbonyl (C=O) groups is 1. The van der Waals surface area contributed by atoms with E-state index in [2.05, 4.69) is 12.2 Å². The van der Waals surface area contributed by atoms with E-state index >= 15 is 0 Å². The summed E-state index contributed by atoms with van der Waals surface area (Å²) in [4.78, 5) is 12.2. The van der Waals surface area contributed by atoms with Crippen LogP contribution in [0.3, 0.4) is 0 Å². The molecule has 0 heterocycles. The third kappa shape index (κ3) is 4.21. The van der Waals surface area contributed by atoms with Crippen molar-refractivity contribution in [3.63, 3.8) is 0 Å². The second-order valence-electron chi connectivity index (χ2n) is 5.78. The van der Waals surface area contributed by atoms with Crippen LogP contribution in [0.25, 0.3) is 0 Å². The summed E-state index contributed by atoms with van der Waals surface area (Å²) in [6.45, 7) is 4.57. The molecule has 0 fully saturated rings. The van der Waals surface area contributed by atoms with Crippen LogP contribution in [-0.4, -0.2) is 18.6 Å². The molecule has 116 valence electrons. The zero-order chi connectivity index (χ0) is 15.2. The van der Waals surface area contributed by atoms with E-state index in [1.165, 1.54) is 11.1 Å². The third-order valence-corrected chi connectivity index (χ3v) is 4.03. The standard InChI is InChI=1S/C17H26N2O2/c1-3-4-10-21-12(2)17(20)19-16-7-5-6-13-11-14(18)8-9-15(13)16/h8-9,11-12,16H,3-7,10,18H2,1-2H3,(H,19,20). The number of carbonyl (C=O) groups excluding carboxylic acids is 1. The Morgan fingerprint density at radius 3 is 3.10 bits per heavy atom. The number of rotatable bonds is 6. The van der Waals surface area contributed by atoms with Crippen LogP contribution in [0, 0.1) is 0 Å². The number of fused-ring (bicyclic) bond motifs is 1. The van der Waals surface area contributed by atoms with Gasteiger partial charge in [0.15, 0.2) is 0 Å². The predicted molar refractivity (Wildman–Crippen MR) is 85.0 cm³/mol. The first-order valence-corrected chi connectivity index (χ1v) is 7.92. The van der Waals surface area contributed by atoms with Gasteiger partial charge in [0.05, 0.1) is 6.04 Å². The van der Waals surface area contributed by atoms with Crippen LogP contribution in [0.4, 0.5) is 5.69 Å². The molecule has 0 aromatic heterocycles. The number of amides is 1. The quantitative estimate of drug-likeness (QED) is 0.625. The number of nitrogen functional groups attached to an aromatic ring is 1. The van der Waals surface area contributed by atoms with Gasteiger partial charge in [-0.15, -0.1) is 0 Å². The zero-order valence-electron chi connectivity index (χ0n) is 13.0. The summed E-state index contributed by atoms with van der Waals surface area (Å²) in [5.74, 6) is -0.0271. The number of nitrogens with two attached hydrogens (primary N) is 1. The molecule has 0 spiro atoms.